The standard InChI is InChI=1S/C7H7BrINO2S/c1-4-2-5(9)3-6(8)7(4)13(10,11)12/h2-3H,1H3,(H2,10,11,12). The minimum absolute atomic E-state index is 0.160. The number of hydrogen-bond donors (Lipinski definition) is 1. The van der Waals surface area contributed by atoms with Crippen LogP contribution in [0.25, 0.3) is 0 Å². The first kappa shape index (κ1) is 11.4. The van der Waals surface area contributed by atoms with Crippen molar-refractivity contribution in [3.8, 4) is 0 Å². The van der Waals surface area contributed by atoms with E-state index in [-0.39, 0.29) is 4.90 Å². The van der Waals surface area contributed by atoms with Crippen molar-refractivity contribution in [1.82, 2.24) is 0 Å². The maximum absolute atomic E-state index is 11.1. The normalized spacial score (nSPS) is 11.7. The molecule has 0 aliphatic rings. The van der Waals surface area contributed by atoms with Gasteiger partial charge in [-0.3, -0.25) is 0 Å². The van der Waals surface area contributed by atoms with Crippen LogP contribution in [0.3, 0.4) is 0 Å². The van der Waals surface area contributed by atoms with Crippen LogP contribution in [0.4, 0.5) is 0 Å². The van der Waals surface area contributed by atoms with E-state index < -0.39 is 10.0 Å². The molecular formula is C7H7BrINO2S. The molecule has 72 valence electrons. The Morgan fingerprint density at radius 2 is 2.00 bits per heavy atom. The van der Waals surface area contributed by atoms with Crippen LogP contribution < -0.4 is 5.14 Å². The van der Waals surface area contributed by atoms with Crippen LogP contribution in [0, 0.1) is 10.5 Å². The van der Waals surface area contributed by atoms with Crippen LogP contribution >= 0.6 is 38.5 Å². The number of sulfonamides is 1. The zero-order valence-electron chi connectivity index (χ0n) is 6.71. The topological polar surface area (TPSA) is 60.2 Å². The summed E-state index contributed by atoms with van der Waals surface area (Å²) in [5, 5.41) is 5.05. The molecule has 0 heterocycles. The summed E-state index contributed by atoms with van der Waals surface area (Å²) >= 11 is 5.28. The van der Waals surface area contributed by atoms with Crippen molar-refractivity contribution in [2.75, 3.05) is 0 Å². The Morgan fingerprint density at radius 1 is 1.46 bits per heavy atom. The Morgan fingerprint density at radius 3 is 2.38 bits per heavy atom. The highest BCUT2D eigenvalue weighted by Gasteiger charge is 2.15. The quantitative estimate of drug-likeness (QED) is 0.763. The number of rotatable bonds is 1. The molecule has 0 unspecified atom stereocenters. The molecule has 0 saturated carbocycles. The Hall–Kier alpha value is 0.340. The van der Waals surface area contributed by atoms with Crippen LogP contribution in [0.1, 0.15) is 5.56 Å². The van der Waals surface area contributed by atoms with E-state index in [1.165, 1.54) is 0 Å². The van der Waals surface area contributed by atoms with Gasteiger partial charge in [0.05, 0.1) is 4.90 Å². The van der Waals surface area contributed by atoms with E-state index in [9.17, 15) is 8.42 Å². The average molecular weight is 376 g/mol. The fraction of sp³-hybridized carbons (Fsp3) is 0.143. The molecule has 1 rings (SSSR count). The third-order valence-corrected chi connectivity index (χ3v) is 4.10. The van der Waals surface area contributed by atoms with Crippen molar-refractivity contribution in [3.63, 3.8) is 0 Å². The van der Waals surface area contributed by atoms with Gasteiger partial charge in [-0.1, -0.05) is 0 Å². The van der Waals surface area contributed by atoms with Crippen LogP contribution in [0.15, 0.2) is 21.5 Å². The lowest BCUT2D eigenvalue weighted by atomic mass is 10.2. The zero-order chi connectivity index (χ0) is 10.2. The van der Waals surface area contributed by atoms with Crippen molar-refractivity contribution in [2.45, 2.75) is 11.8 Å². The molecule has 0 aliphatic heterocycles. The van der Waals surface area contributed by atoms with Gasteiger partial charge in [-0.2, -0.15) is 0 Å². The van der Waals surface area contributed by atoms with E-state index in [1.54, 1.807) is 19.1 Å². The summed E-state index contributed by atoms with van der Waals surface area (Å²) in [5.74, 6) is 0. The summed E-state index contributed by atoms with van der Waals surface area (Å²) in [6, 6.07) is 3.48. The number of nitrogens with two attached hydrogens (primary N) is 1. The highest BCUT2D eigenvalue weighted by Crippen LogP contribution is 2.26. The smallest absolute Gasteiger partial charge is 0.225 e. The Balaban J connectivity index is 3.57. The van der Waals surface area contributed by atoms with Crippen LogP contribution in [0.2, 0.25) is 0 Å². The van der Waals surface area contributed by atoms with E-state index in [4.69, 9.17) is 5.14 Å². The molecule has 6 heteroatoms. The lowest BCUT2D eigenvalue weighted by Gasteiger charge is -2.06. The van der Waals surface area contributed by atoms with Gasteiger partial charge in [0, 0.05) is 8.04 Å². The zero-order valence-corrected chi connectivity index (χ0v) is 11.3. The van der Waals surface area contributed by atoms with Gasteiger partial charge in [-0.05, 0) is 63.1 Å². The van der Waals surface area contributed by atoms with Gasteiger partial charge >= 0.3 is 0 Å². The minimum atomic E-state index is -3.63. The highest BCUT2D eigenvalue weighted by molar-refractivity contribution is 14.1. The van der Waals surface area contributed by atoms with E-state index in [1.807, 2.05) is 0 Å². The molecule has 1 aromatic rings. The van der Waals surface area contributed by atoms with Crippen LogP contribution in [-0.2, 0) is 10.0 Å². The Bertz CT molecular complexity index is 421. The van der Waals surface area contributed by atoms with E-state index in [2.05, 4.69) is 38.5 Å². The summed E-state index contributed by atoms with van der Waals surface area (Å²) in [4.78, 5) is 0.160. The molecule has 0 saturated heterocycles. The molecule has 0 fully saturated rings. The predicted octanol–water partition coefficient (Wildman–Crippen LogP) is 2.01. The first-order chi connectivity index (χ1) is 5.82. The fourth-order valence-corrected chi connectivity index (χ4v) is 4.33. The second-order valence-electron chi connectivity index (χ2n) is 2.58. The van der Waals surface area contributed by atoms with Gasteiger partial charge in [-0.15, -0.1) is 0 Å². The van der Waals surface area contributed by atoms with E-state index in [0.717, 1.165) is 3.57 Å². The first-order valence-electron chi connectivity index (χ1n) is 3.31. The molecule has 0 radical (unpaired) electrons. The molecule has 0 aliphatic carbocycles. The number of halogens is 2. The van der Waals surface area contributed by atoms with Gasteiger partial charge in [0.25, 0.3) is 0 Å². The molecule has 2 N–H and O–H groups in total. The van der Waals surface area contributed by atoms with Crippen molar-refractivity contribution in [3.05, 3.63) is 25.7 Å². The molecule has 0 aromatic heterocycles. The first-order valence-corrected chi connectivity index (χ1v) is 6.72. The summed E-state index contributed by atoms with van der Waals surface area (Å²) in [7, 11) is -3.63. The van der Waals surface area contributed by atoms with Crippen LogP contribution in [0.5, 0.6) is 0 Å². The lowest BCUT2D eigenvalue weighted by Crippen LogP contribution is -2.14. The second-order valence-corrected chi connectivity index (χ2v) is 6.18. The van der Waals surface area contributed by atoms with Crippen molar-refractivity contribution in [1.29, 1.82) is 0 Å². The number of aryl methyl sites for hydroxylation is 1. The van der Waals surface area contributed by atoms with E-state index in [0.29, 0.717) is 10.0 Å². The summed E-state index contributed by atoms with van der Waals surface area (Å²) in [5.41, 5.74) is 0.654. The van der Waals surface area contributed by atoms with Crippen molar-refractivity contribution >= 4 is 48.5 Å². The van der Waals surface area contributed by atoms with Crippen molar-refractivity contribution in [2.24, 2.45) is 5.14 Å². The average Bonchev–Trinajstić information content (AvgIpc) is 1.78. The fourth-order valence-electron chi connectivity index (χ4n) is 1.05. The third kappa shape index (κ3) is 2.64. The number of hydrogen-bond acceptors (Lipinski definition) is 2. The molecule has 0 atom stereocenters. The van der Waals surface area contributed by atoms with Gasteiger partial charge in [0.2, 0.25) is 10.0 Å². The largest absolute Gasteiger partial charge is 0.239 e. The molecule has 1 aromatic carbocycles. The van der Waals surface area contributed by atoms with Crippen molar-refractivity contribution < 1.29 is 8.42 Å². The number of primary sulfonamides is 1. The molecule has 13 heavy (non-hydrogen) atoms. The highest BCUT2D eigenvalue weighted by atomic mass is 127. The van der Waals surface area contributed by atoms with Gasteiger partial charge in [-0.25, -0.2) is 13.6 Å². The third-order valence-electron chi connectivity index (χ3n) is 1.48. The monoisotopic (exact) mass is 375 g/mol. The second kappa shape index (κ2) is 3.84. The van der Waals surface area contributed by atoms with E-state index >= 15 is 0 Å². The molecule has 0 spiro atoms. The summed E-state index contributed by atoms with van der Waals surface area (Å²) in [6.07, 6.45) is 0. The summed E-state index contributed by atoms with van der Waals surface area (Å²) in [6.45, 7) is 1.71. The maximum Gasteiger partial charge on any atom is 0.239 e. The molecule has 0 bridgehead atoms. The number of benzene rings is 1. The molecule has 3 nitrogen and oxygen atoms in total. The van der Waals surface area contributed by atoms with Crippen LogP contribution in [-0.4, -0.2) is 8.42 Å². The Kier molecular flexibility index (Phi) is 3.37. The Labute approximate surface area is 99.0 Å². The SMILES string of the molecule is Cc1cc(I)cc(Br)c1S(N)(=O)=O. The van der Waals surface area contributed by atoms with Gasteiger partial charge in [0.15, 0.2) is 0 Å². The molecule has 0 amide bonds. The molecular weight excluding hydrogens is 369 g/mol. The van der Waals surface area contributed by atoms with Gasteiger partial charge in [0.1, 0.15) is 0 Å². The predicted molar refractivity (Wildman–Crippen MR) is 63.0 cm³/mol. The maximum atomic E-state index is 11.1. The minimum Gasteiger partial charge on any atom is -0.225 e. The lowest BCUT2D eigenvalue weighted by molar-refractivity contribution is 0.596. The summed E-state index contributed by atoms with van der Waals surface area (Å²) < 4.78 is 23.7. The van der Waals surface area contributed by atoms with Gasteiger partial charge < -0.3 is 0 Å².